The maximum atomic E-state index is 12.5. The van der Waals surface area contributed by atoms with E-state index in [2.05, 4.69) is 5.32 Å². The number of carboxylic acids is 1. The molecule has 0 spiro atoms. The predicted molar refractivity (Wildman–Crippen MR) is 94.2 cm³/mol. The first-order valence-electron chi connectivity index (χ1n) is 8.07. The molecule has 0 saturated carbocycles. The lowest BCUT2D eigenvalue weighted by molar-refractivity contribution is -0.121. The van der Waals surface area contributed by atoms with Gasteiger partial charge in [0.2, 0.25) is 5.91 Å². The fourth-order valence-corrected chi connectivity index (χ4v) is 3.16. The Morgan fingerprint density at radius 3 is 2.84 bits per heavy atom. The molecule has 1 heterocycles. The summed E-state index contributed by atoms with van der Waals surface area (Å²) in [6, 6.07) is 11.7. The molecular formula is C19H18ClNO4. The zero-order valence-corrected chi connectivity index (χ0v) is 14.3. The minimum absolute atomic E-state index is 0.0166. The Balaban J connectivity index is 1.77. The van der Waals surface area contributed by atoms with Gasteiger partial charge in [-0.2, -0.15) is 0 Å². The number of carbonyl (C=O) groups is 2. The van der Waals surface area contributed by atoms with E-state index in [9.17, 15) is 14.7 Å². The molecule has 0 aromatic heterocycles. The first-order valence-corrected chi connectivity index (χ1v) is 8.45. The van der Waals surface area contributed by atoms with E-state index in [0.29, 0.717) is 22.9 Å². The minimum atomic E-state index is -1.04. The van der Waals surface area contributed by atoms with Gasteiger partial charge in [-0.1, -0.05) is 35.9 Å². The summed E-state index contributed by atoms with van der Waals surface area (Å²) in [5.41, 5.74) is 1.53. The summed E-state index contributed by atoms with van der Waals surface area (Å²) in [6.07, 6.45) is 1.58. The number of carboxylic acid groups (broad SMARTS) is 1. The molecule has 1 aliphatic rings. The molecule has 130 valence electrons. The van der Waals surface area contributed by atoms with Gasteiger partial charge in [-0.3, -0.25) is 4.79 Å². The van der Waals surface area contributed by atoms with Crippen molar-refractivity contribution in [2.24, 2.45) is 0 Å². The Labute approximate surface area is 150 Å². The maximum absolute atomic E-state index is 12.5. The number of rotatable bonds is 4. The smallest absolute Gasteiger partial charge is 0.335 e. The molecule has 2 aromatic rings. The number of nitrogens with one attached hydrogen (secondary N) is 1. The number of hydrogen-bond acceptors (Lipinski definition) is 3. The van der Waals surface area contributed by atoms with E-state index in [4.69, 9.17) is 16.3 Å². The van der Waals surface area contributed by atoms with Crippen LogP contribution in [0.15, 0.2) is 42.5 Å². The van der Waals surface area contributed by atoms with Crippen molar-refractivity contribution in [3.8, 4) is 5.75 Å². The molecule has 0 fully saturated rings. The van der Waals surface area contributed by atoms with E-state index in [-0.39, 0.29) is 23.9 Å². The Hall–Kier alpha value is -2.53. The van der Waals surface area contributed by atoms with Crippen molar-refractivity contribution < 1.29 is 19.4 Å². The van der Waals surface area contributed by atoms with Crippen molar-refractivity contribution in [2.45, 2.75) is 25.3 Å². The monoisotopic (exact) mass is 359 g/mol. The third-order valence-corrected chi connectivity index (χ3v) is 4.41. The third kappa shape index (κ3) is 4.12. The molecule has 25 heavy (non-hydrogen) atoms. The van der Waals surface area contributed by atoms with Crippen LogP contribution in [0.2, 0.25) is 5.02 Å². The lowest BCUT2D eigenvalue weighted by Crippen LogP contribution is -2.30. The topological polar surface area (TPSA) is 75.6 Å². The highest BCUT2D eigenvalue weighted by Crippen LogP contribution is 2.33. The Bertz CT molecular complexity index is 806. The Kier molecular flexibility index (Phi) is 5.24. The van der Waals surface area contributed by atoms with Crippen LogP contribution in [-0.4, -0.2) is 23.6 Å². The van der Waals surface area contributed by atoms with Gasteiger partial charge in [-0.15, -0.1) is 0 Å². The second-order valence-electron chi connectivity index (χ2n) is 5.93. The van der Waals surface area contributed by atoms with Gasteiger partial charge in [0.15, 0.2) is 0 Å². The van der Waals surface area contributed by atoms with E-state index >= 15 is 0 Å². The molecule has 3 rings (SSSR count). The van der Waals surface area contributed by atoms with E-state index in [1.54, 1.807) is 30.3 Å². The van der Waals surface area contributed by atoms with Crippen LogP contribution in [0.4, 0.5) is 0 Å². The number of benzene rings is 2. The Morgan fingerprint density at radius 2 is 2.04 bits per heavy atom. The lowest BCUT2D eigenvalue weighted by Gasteiger charge is -2.19. The number of halogens is 1. The molecule has 0 radical (unpaired) electrons. The van der Waals surface area contributed by atoms with Gasteiger partial charge >= 0.3 is 5.97 Å². The van der Waals surface area contributed by atoms with Crippen molar-refractivity contribution in [2.75, 3.05) is 6.61 Å². The molecule has 0 saturated heterocycles. The van der Waals surface area contributed by atoms with Crippen LogP contribution < -0.4 is 10.1 Å². The zero-order valence-electron chi connectivity index (χ0n) is 13.5. The van der Waals surface area contributed by atoms with Gasteiger partial charge in [0.05, 0.1) is 24.6 Å². The summed E-state index contributed by atoms with van der Waals surface area (Å²) in [5.74, 6) is -0.575. The number of amides is 1. The standard InChI is InChI=1S/C19H18ClNO4/c20-13-7-8-15-16(6-3-9-25-17(15)11-13)21-18(22)10-12-4-1-2-5-14(12)19(23)24/h1-2,4-5,7-8,11,16H,3,6,9-10H2,(H,21,22)(H,23,24). The molecule has 1 unspecified atom stereocenters. The highest BCUT2D eigenvalue weighted by molar-refractivity contribution is 6.30. The molecule has 5 nitrogen and oxygen atoms in total. The van der Waals surface area contributed by atoms with Gasteiger partial charge in [0.25, 0.3) is 0 Å². The number of aromatic carboxylic acids is 1. The van der Waals surface area contributed by atoms with Gasteiger partial charge in [0, 0.05) is 10.6 Å². The molecule has 0 aliphatic carbocycles. The summed E-state index contributed by atoms with van der Waals surface area (Å²) >= 11 is 6.01. The zero-order chi connectivity index (χ0) is 17.8. The summed E-state index contributed by atoms with van der Waals surface area (Å²) in [6.45, 7) is 0.571. The van der Waals surface area contributed by atoms with Crippen LogP contribution in [0.25, 0.3) is 0 Å². The normalized spacial score (nSPS) is 16.3. The summed E-state index contributed by atoms with van der Waals surface area (Å²) in [5, 5.41) is 12.8. The molecule has 1 amide bonds. The average Bonchev–Trinajstić information content (AvgIpc) is 2.77. The number of carbonyl (C=O) groups excluding carboxylic acids is 1. The molecular weight excluding hydrogens is 342 g/mol. The summed E-state index contributed by atoms with van der Waals surface area (Å²) < 4.78 is 5.70. The highest BCUT2D eigenvalue weighted by Gasteiger charge is 2.22. The van der Waals surface area contributed by atoms with Crippen molar-refractivity contribution in [3.05, 3.63) is 64.2 Å². The maximum Gasteiger partial charge on any atom is 0.335 e. The summed E-state index contributed by atoms with van der Waals surface area (Å²) in [7, 11) is 0. The van der Waals surface area contributed by atoms with E-state index in [1.807, 2.05) is 6.07 Å². The van der Waals surface area contributed by atoms with Crippen molar-refractivity contribution in [1.82, 2.24) is 5.32 Å². The van der Waals surface area contributed by atoms with Gasteiger partial charge in [-0.05, 0) is 36.6 Å². The number of fused-ring (bicyclic) bond motifs is 1. The fraction of sp³-hybridized carbons (Fsp3) is 0.263. The predicted octanol–water partition coefficient (Wildman–Crippen LogP) is 3.61. The van der Waals surface area contributed by atoms with E-state index in [1.165, 1.54) is 6.07 Å². The molecule has 0 bridgehead atoms. The number of hydrogen-bond donors (Lipinski definition) is 2. The second kappa shape index (κ2) is 7.57. The average molecular weight is 360 g/mol. The van der Waals surface area contributed by atoms with Crippen LogP contribution in [-0.2, 0) is 11.2 Å². The van der Waals surface area contributed by atoms with Crippen LogP contribution in [0.3, 0.4) is 0 Å². The quantitative estimate of drug-likeness (QED) is 0.874. The SMILES string of the molecule is O=C(Cc1ccccc1C(=O)O)NC1CCCOc2cc(Cl)ccc21. The molecule has 2 N–H and O–H groups in total. The molecule has 6 heteroatoms. The van der Waals surface area contributed by atoms with Crippen LogP contribution in [0.5, 0.6) is 5.75 Å². The van der Waals surface area contributed by atoms with Crippen LogP contribution in [0, 0.1) is 0 Å². The van der Waals surface area contributed by atoms with Gasteiger partial charge < -0.3 is 15.2 Å². The summed E-state index contributed by atoms with van der Waals surface area (Å²) in [4.78, 5) is 23.7. The van der Waals surface area contributed by atoms with E-state index < -0.39 is 5.97 Å². The van der Waals surface area contributed by atoms with Crippen molar-refractivity contribution in [1.29, 1.82) is 0 Å². The van der Waals surface area contributed by atoms with Crippen molar-refractivity contribution in [3.63, 3.8) is 0 Å². The Morgan fingerprint density at radius 1 is 1.24 bits per heavy atom. The van der Waals surface area contributed by atoms with E-state index in [0.717, 1.165) is 18.4 Å². The fourth-order valence-electron chi connectivity index (χ4n) is 3.00. The van der Waals surface area contributed by atoms with Crippen LogP contribution >= 0.6 is 11.6 Å². The largest absolute Gasteiger partial charge is 0.493 e. The molecule has 2 aromatic carbocycles. The molecule has 1 aliphatic heterocycles. The third-order valence-electron chi connectivity index (χ3n) is 4.18. The second-order valence-corrected chi connectivity index (χ2v) is 6.37. The molecule has 1 atom stereocenters. The van der Waals surface area contributed by atoms with Gasteiger partial charge in [0.1, 0.15) is 5.75 Å². The van der Waals surface area contributed by atoms with Crippen molar-refractivity contribution >= 4 is 23.5 Å². The van der Waals surface area contributed by atoms with Crippen LogP contribution in [0.1, 0.15) is 40.4 Å². The minimum Gasteiger partial charge on any atom is -0.493 e. The first kappa shape index (κ1) is 17.3. The van der Waals surface area contributed by atoms with Gasteiger partial charge in [-0.25, -0.2) is 4.79 Å². The first-order chi connectivity index (χ1) is 12.0. The highest BCUT2D eigenvalue weighted by atomic mass is 35.5. The number of ether oxygens (including phenoxy) is 1. The lowest BCUT2D eigenvalue weighted by atomic mass is 10.0.